The fourth-order valence-electron chi connectivity index (χ4n) is 3.65. The molecule has 1 aliphatic rings. The molecule has 0 bridgehead atoms. The minimum absolute atomic E-state index is 0.0976. The van der Waals surface area contributed by atoms with Gasteiger partial charge in [-0.2, -0.15) is 4.98 Å². The molecular formula is C24H26FN5O2. The third kappa shape index (κ3) is 5.14. The number of rotatable bonds is 6. The van der Waals surface area contributed by atoms with Crippen LogP contribution in [-0.2, 0) is 0 Å². The van der Waals surface area contributed by atoms with Crippen molar-refractivity contribution < 1.29 is 13.9 Å². The number of piperidine rings is 1. The van der Waals surface area contributed by atoms with Crippen LogP contribution < -0.4 is 20.3 Å². The van der Waals surface area contributed by atoms with Gasteiger partial charge in [0.05, 0.1) is 7.11 Å². The number of hydrogen-bond donors (Lipinski definition) is 2. The van der Waals surface area contributed by atoms with Crippen LogP contribution in [0.5, 0.6) is 5.75 Å². The molecule has 1 amide bonds. The number of aryl methyl sites for hydroxylation is 1. The fourth-order valence-corrected chi connectivity index (χ4v) is 3.65. The molecule has 0 unspecified atom stereocenters. The van der Waals surface area contributed by atoms with E-state index in [1.165, 1.54) is 25.7 Å². The fraction of sp³-hybridized carbons (Fsp3) is 0.292. The van der Waals surface area contributed by atoms with Crippen molar-refractivity contribution in [2.75, 3.05) is 35.7 Å². The molecule has 0 radical (unpaired) electrons. The molecule has 3 aromatic rings. The number of halogens is 1. The van der Waals surface area contributed by atoms with Crippen molar-refractivity contribution in [2.45, 2.75) is 26.2 Å². The van der Waals surface area contributed by atoms with Crippen LogP contribution >= 0.6 is 0 Å². The zero-order valence-corrected chi connectivity index (χ0v) is 18.2. The first-order valence-electron chi connectivity index (χ1n) is 10.6. The van der Waals surface area contributed by atoms with E-state index in [9.17, 15) is 9.18 Å². The Kier molecular flexibility index (Phi) is 6.49. The van der Waals surface area contributed by atoms with E-state index in [1.807, 2.05) is 25.1 Å². The number of nitrogens with zero attached hydrogens (tertiary/aromatic N) is 3. The van der Waals surface area contributed by atoms with Crippen LogP contribution in [0.25, 0.3) is 0 Å². The molecule has 0 spiro atoms. The van der Waals surface area contributed by atoms with Gasteiger partial charge in [0.25, 0.3) is 5.91 Å². The molecule has 8 heteroatoms. The van der Waals surface area contributed by atoms with Gasteiger partial charge < -0.3 is 20.3 Å². The van der Waals surface area contributed by atoms with Gasteiger partial charge in [-0.3, -0.25) is 4.79 Å². The van der Waals surface area contributed by atoms with E-state index in [1.54, 1.807) is 12.1 Å². The monoisotopic (exact) mass is 435 g/mol. The van der Waals surface area contributed by atoms with E-state index in [4.69, 9.17) is 4.74 Å². The lowest BCUT2D eigenvalue weighted by molar-refractivity contribution is 0.102. The van der Waals surface area contributed by atoms with Gasteiger partial charge in [-0.1, -0.05) is 0 Å². The number of amides is 1. The number of benzene rings is 2. The summed E-state index contributed by atoms with van der Waals surface area (Å²) < 4.78 is 18.7. The first kappa shape index (κ1) is 21.5. The van der Waals surface area contributed by atoms with Gasteiger partial charge in [0.15, 0.2) is 11.6 Å². The largest absolute Gasteiger partial charge is 0.494 e. The number of ether oxygens (including phenoxy) is 1. The van der Waals surface area contributed by atoms with E-state index in [0.717, 1.165) is 55.1 Å². The molecule has 1 fully saturated rings. The van der Waals surface area contributed by atoms with Crippen molar-refractivity contribution in [1.82, 2.24) is 9.97 Å². The predicted octanol–water partition coefficient (Wildman–Crippen LogP) is 4.92. The summed E-state index contributed by atoms with van der Waals surface area (Å²) >= 11 is 0. The van der Waals surface area contributed by atoms with Crippen LogP contribution in [0, 0.1) is 12.7 Å². The van der Waals surface area contributed by atoms with Crippen LogP contribution in [0.2, 0.25) is 0 Å². The Hall–Kier alpha value is -3.68. The smallest absolute Gasteiger partial charge is 0.255 e. The highest BCUT2D eigenvalue weighted by molar-refractivity contribution is 6.04. The summed E-state index contributed by atoms with van der Waals surface area (Å²) in [5.74, 6) is 0.598. The third-order valence-corrected chi connectivity index (χ3v) is 5.31. The van der Waals surface area contributed by atoms with Gasteiger partial charge in [0.1, 0.15) is 5.82 Å². The van der Waals surface area contributed by atoms with Crippen molar-refractivity contribution in [1.29, 1.82) is 0 Å². The van der Waals surface area contributed by atoms with Crippen molar-refractivity contribution in [2.24, 2.45) is 0 Å². The maximum Gasteiger partial charge on any atom is 0.255 e. The molecule has 2 N–H and O–H groups in total. The first-order valence-corrected chi connectivity index (χ1v) is 10.6. The van der Waals surface area contributed by atoms with Gasteiger partial charge in [0, 0.05) is 41.8 Å². The minimum atomic E-state index is -0.580. The Morgan fingerprint density at radius 1 is 1.00 bits per heavy atom. The summed E-state index contributed by atoms with van der Waals surface area (Å²) in [6.45, 7) is 3.92. The average Bonchev–Trinajstić information content (AvgIpc) is 2.80. The maximum atomic E-state index is 13.9. The zero-order chi connectivity index (χ0) is 22.5. The SMILES string of the molecule is COc1ccc(C(=O)Nc2ccc(Nc3cc(C)nc(N4CCCCC4)n3)cc2)cc1F. The van der Waals surface area contributed by atoms with E-state index < -0.39 is 11.7 Å². The second kappa shape index (κ2) is 9.64. The molecule has 166 valence electrons. The summed E-state index contributed by atoms with van der Waals surface area (Å²) in [6, 6.07) is 13.3. The number of carbonyl (C=O) groups is 1. The lowest BCUT2D eigenvalue weighted by atomic mass is 10.1. The second-order valence-corrected chi connectivity index (χ2v) is 7.75. The Bertz CT molecular complexity index is 1100. The van der Waals surface area contributed by atoms with E-state index >= 15 is 0 Å². The van der Waals surface area contributed by atoms with Crippen molar-refractivity contribution in [3.05, 3.63) is 65.6 Å². The van der Waals surface area contributed by atoms with Crippen LogP contribution in [0.4, 0.5) is 27.5 Å². The van der Waals surface area contributed by atoms with Crippen LogP contribution in [0.15, 0.2) is 48.5 Å². The van der Waals surface area contributed by atoms with Crippen molar-refractivity contribution >= 4 is 29.0 Å². The normalized spacial score (nSPS) is 13.5. The molecule has 0 saturated carbocycles. The topological polar surface area (TPSA) is 79.4 Å². The quantitative estimate of drug-likeness (QED) is 0.572. The second-order valence-electron chi connectivity index (χ2n) is 7.75. The number of aromatic nitrogens is 2. The van der Waals surface area contributed by atoms with Gasteiger partial charge >= 0.3 is 0 Å². The highest BCUT2D eigenvalue weighted by Gasteiger charge is 2.15. The van der Waals surface area contributed by atoms with E-state index in [-0.39, 0.29) is 11.3 Å². The molecular weight excluding hydrogens is 409 g/mol. The van der Waals surface area contributed by atoms with Gasteiger partial charge in [-0.25, -0.2) is 9.37 Å². The molecule has 0 atom stereocenters. The van der Waals surface area contributed by atoms with Crippen LogP contribution in [-0.4, -0.2) is 36.1 Å². The Morgan fingerprint density at radius 3 is 2.41 bits per heavy atom. The van der Waals surface area contributed by atoms with E-state index in [0.29, 0.717) is 5.69 Å². The molecule has 4 rings (SSSR count). The highest BCUT2D eigenvalue weighted by atomic mass is 19.1. The summed E-state index contributed by atoms with van der Waals surface area (Å²) in [5.41, 5.74) is 2.55. The van der Waals surface area contributed by atoms with Gasteiger partial charge in [0.2, 0.25) is 5.95 Å². The number of anilines is 4. The lowest BCUT2D eigenvalue weighted by Gasteiger charge is -2.27. The number of nitrogens with one attached hydrogen (secondary N) is 2. The van der Waals surface area contributed by atoms with Crippen LogP contribution in [0.1, 0.15) is 35.3 Å². The van der Waals surface area contributed by atoms with E-state index in [2.05, 4.69) is 25.5 Å². The molecule has 1 aliphatic heterocycles. The average molecular weight is 436 g/mol. The summed E-state index contributed by atoms with van der Waals surface area (Å²) in [4.78, 5) is 23.9. The molecule has 7 nitrogen and oxygen atoms in total. The standard InChI is InChI=1S/C24H26FN5O2/c1-16-14-22(29-24(26-16)30-12-4-3-5-13-30)27-18-7-9-19(10-8-18)28-23(31)17-6-11-21(32-2)20(25)15-17/h6-11,14-15H,3-5,12-13H2,1-2H3,(H,28,31)(H,26,27,29). The van der Waals surface area contributed by atoms with Crippen LogP contribution in [0.3, 0.4) is 0 Å². The summed E-state index contributed by atoms with van der Waals surface area (Å²) in [6.07, 6.45) is 3.58. The predicted molar refractivity (Wildman–Crippen MR) is 123 cm³/mol. The highest BCUT2D eigenvalue weighted by Crippen LogP contribution is 2.23. The number of methoxy groups -OCH3 is 1. The lowest BCUT2D eigenvalue weighted by Crippen LogP contribution is -2.31. The minimum Gasteiger partial charge on any atom is -0.494 e. The van der Waals surface area contributed by atoms with Gasteiger partial charge in [-0.15, -0.1) is 0 Å². The number of hydrogen-bond acceptors (Lipinski definition) is 6. The molecule has 2 aromatic carbocycles. The summed E-state index contributed by atoms with van der Waals surface area (Å²) in [5, 5.41) is 6.07. The summed E-state index contributed by atoms with van der Waals surface area (Å²) in [7, 11) is 1.38. The number of carbonyl (C=O) groups excluding carboxylic acids is 1. The maximum absolute atomic E-state index is 13.9. The van der Waals surface area contributed by atoms with Crippen molar-refractivity contribution in [3.8, 4) is 5.75 Å². The zero-order valence-electron chi connectivity index (χ0n) is 18.2. The third-order valence-electron chi connectivity index (χ3n) is 5.31. The van der Waals surface area contributed by atoms with Gasteiger partial charge in [-0.05, 0) is 68.7 Å². The Balaban J connectivity index is 1.42. The molecule has 1 saturated heterocycles. The molecule has 2 heterocycles. The first-order chi connectivity index (χ1) is 15.5. The Labute approximate surface area is 186 Å². The van der Waals surface area contributed by atoms with Crippen molar-refractivity contribution in [3.63, 3.8) is 0 Å². The molecule has 32 heavy (non-hydrogen) atoms. The molecule has 1 aromatic heterocycles. The Morgan fingerprint density at radius 2 is 1.72 bits per heavy atom. The molecule has 0 aliphatic carbocycles.